The van der Waals surface area contributed by atoms with Crippen molar-refractivity contribution < 1.29 is 9.47 Å². The van der Waals surface area contributed by atoms with Crippen LogP contribution in [0.1, 0.15) is 13.3 Å². The van der Waals surface area contributed by atoms with Gasteiger partial charge in [0.1, 0.15) is 6.79 Å². The summed E-state index contributed by atoms with van der Waals surface area (Å²) in [5, 5.41) is 3.31. The first kappa shape index (κ1) is 10.4. The highest BCUT2D eigenvalue weighted by Gasteiger charge is 2.26. The molecule has 0 aromatic heterocycles. The van der Waals surface area contributed by atoms with Crippen LogP contribution >= 0.6 is 0 Å². The van der Waals surface area contributed by atoms with Gasteiger partial charge in [0.05, 0.1) is 12.7 Å². The molecule has 1 unspecified atom stereocenters. The second kappa shape index (κ2) is 5.07. The van der Waals surface area contributed by atoms with Crippen LogP contribution in [0.15, 0.2) is 0 Å². The molecule has 0 spiro atoms. The molecule has 0 aliphatic carbocycles. The fourth-order valence-electron chi connectivity index (χ4n) is 1.97. The lowest BCUT2D eigenvalue weighted by molar-refractivity contribution is -0.147. The molecule has 0 saturated carbocycles. The van der Waals surface area contributed by atoms with Crippen LogP contribution in [0.2, 0.25) is 0 Å². The topological polar surface area (TPSA) is 33.7 Å². The highest BCUT2D eigenvalue weighted by atomic mass is 16.7. The van der Waals surface area contributed by atoms with E-state index in [1.54, 1.807) is 0 Å². The van der Waals surface area contributed by atoms with Crippen LogP contribution in [0.5, 0.6) is 0 Å². The molecular weight excluding hydrogens is 180 g/mol. The van der Waals surface area contributed by atoms with Crippen molar-refractivity contribution in [3.05, 3.63) is 0 Å². The van der Waals surface area contributed by atoms with Gasteiger partial charge in [0, 0.05) is 25.7 Å². The minimum atomic E-state index is 0.379. The molecule has 0 amide bonds. The maximum atomic E-state index is 5.54. The van der Waals surface area contributed by atoms with E-state index in [-0.39, 0.29) is 0 Å². The van der Waals surface area contributed by atoms with E-state index in [0.29, 0.717) is 12.9 Å². The summed E-state index contributed by atoms with van der Waals surface area (Å²) in [5.74, 6) is 0. The van der Waals surface area contributed by atoms with Crippen molar-refractivity contribution >= 4 is 0 Å². The van der Waals surface area contributed by atoms with E-state index >= 15 is 0 Å². The van der Waals surface area contributed by atoms with Crippen LogP contribution < -0.4 is 5.32 Å². The molecule has 0 aromatic rings. The van der Waals surface area contributed by atoms with Crippen molar-refractivity contribution in [1.82, 2.24) is 10.2 Å². The number of hydrogen-bond acceptors (Lipinski definition) is 4. The lowest BCUT2D eigenvalue weighted by Gasteiger charge is -2.39. The molecular formula is C10H20N2O2. The molecule has 4 nitrogen and oxygen atoms in total. The maximum Gasteiger partial charge on any atom is 0.147 e. The van der Waals surface area contributed by atoms with Crippen LogP contribution in [0, 0.1) is 0 Å². The van der Waals surface area contributed by atoms with Crippen LogP contribution in [0.3, 0.4) is 0 Å². The van der Waals surface area contributed by atoms with Gasteiger partial charge < -0.3 is 14.8 Å². The Morgan fingerprint density at radius 3 is 2.79 bits per heavy atom. The number of likely N-dealkylation sites (N-methyl/N-ethyl adjacent to an activating group) is 1. The van der Waals surface area contributed by atoms with Gasteiger partial charge in [-0.25, -0.2) is 0 Å². The summed E-state index contributed by atoms with van der Waals surface area (Å²) in [4.78, 5) is 2.51. The van der Waals surface area contributed by atoms with E-state index in [0.717, 1.165) is 45.2 Å². The van der Waals surface area contributed by atoms with Crippen molar-refractivity contribution in [1.29, 1.82) is 0 Å². The van der Waals surface area contributed by atoms with E-state index in [1.165, 1.54) is 0 Å². The number of nitrogens with zero attached hydrogens (tertiary/aromatic N) is 1. The molecule has 0 radical (unpaired) electrons. The van der Waals surface area contributed by atoms with E-state index < -0.39 is 0 Å². The summed E-state index contributed by atoms with van der Waals surface area (Å²) in [6.45, 7) is 8.00. The summed E-state index contributed by atoms with van der Waals surface area (Å²) in [7, 11) is 0. The first-order chi connectivity index (χ1) is 6.90. The Morgan fingerprint density at radius 1 is 1.43 bits per heavy atom. The average molecular weight is 200 g/mol. The smallest absolute Gasteiger partial charge is 0.147 e. The molecule has 2 heterocycles. The number of rotatable bonds is 4. The van der Waals surface area contributed by atoms with Gasteiger partial charge >= 0.3 is 0 Å². The quantitative estimate of drug-likeness (QED) is 0.695. The van der Waals surface area contributed by atoms with Crippen molar-refractivity contribution in [2.75, 3.05) is 39.6 Å². The molecule has 1 N–H and O–H groups in total. The van der Waals surface area contributed by atoms with E-state index in [2.05, 4.69) is 17.1 Å². The first-order valence-electron chi connectivity index (χ1n) is 5.54. The zero-order chi connectivity index (χ0) is 9.80. The summed E-state index contributed by atoms with van der Waals surface area (Å²) >= 11 is 0. The van der Waals surface area contributed by atoms with Gasteiger partial charge in [0.2, 0.25) is 0 Å². The van der Waals surface area contributed by atoms with Gasteiger partial charge in [-0.3, -0.25) is 4.90 Å². The molecule has 0 bridgehead atoms. The van der Waals surface area contributed by atoms with Gasteiger partial charge in [-0.15, -0.1) is 0 Å². The monoisotopic (exact) mass is 200 g/mol. The SMILES string of the molecule is CCN(CC1CCOCO1)C1CNC1. The Labute approximate surface area is 85.5 Å². The first-order valence-corrected chi connectivity index (χ1v) is 5.54. The fraction of sp³-hybridized carbons (Fsp3) is 1.00. The Hall–Kier alpha value is -0.160. The molecule has 1 atom stereocenters. The Kier molecular flexibility index (Phi) is 3.75. The zero-order valence-electron chi connectivity index (χ0n) is 8.87. The lowest BCUT2D eigenvalue weighted by atomic mass is 10.1. The summed E-state index contributed by atoms with van der Waals surface area (Å²) in [5.41, 5.74) is 0. The molecule has 82 valence electrons. The van der Waals surface area contributed by atoms with Crippen molar-refractivity contribution in [2.45, 2.75) is 25.5 Å². The van der Waals surface area contributed by atoms with Crippen LogP contribution in [-0.4, -0.2) is 56.6 Å². The highest BCUT2D eigenvalue weighted by Crippen LogP contribution is 2.11. The van der Waals surface area contributed by atoms with Gasteiger partial charge in [-0.05, 0) is 13.0 Å². The molecule has 2 aliphatic rings. The number of hydrogen-bond donors (Lipinski definition) is 1. The van der Waals surface area contributed by atoms with Gasteiger partial charge in [0.25, 0.3) is 0 Å². The van der Waals surface area contributed by atoms with E-state index in [9.17, 15) is 0 Å². The van der Waals surface area contributed by atoms with Crippen molar-refractivity contribution in [3.8, 4) is 0 Å². The summed E-state index contributed by atoms with van der Waals surface area (Å²) in [6, 6.07) is 0.728. The second-order valence-electron chi connectivity index (χ2n) is 4.00. The van der Waals surface area contributed by atoms with Gasteiger partial charge in [-0.1, -0.05) is 6.92 Å². The summed E-state index contributed by atoms with van der Waals surface area (Å²) < 4.78 is 10.7. The molecule has 2 aliphatic heterocycles. The van der Waals surface area contributed by atoms with Gasteiger partial charge in [0.15, 0.2) is 0 Å². The number of nitrogens with one attached hydrogen (secondary N) is 1. The predicted molar refractivity (Wildman–Crippen MR) is 54.2 cm³/mol. The van der Waals surface area contributed by atoms with Crippen LogP contribution in [0.4, 0.5) is 0 Å². The van der Waals surface area contributed by atoms with Gasteiger partial charge in [-0.2, -0.15) is 0 Å². The third-order valence-corrected chi connectivity index (χ3v) is 3.09. The Balaban J connectivity index is 1.74. The van der Waals surface area contributed by atoms with E-state index in [4.69, 9.17) is 9.47 Å². The normalized spacial score (nSPS) is 29.1. The lowest BCUT2D eigenvalue weighted by Crippen LogP contribution is -2.58. The Bertz CT molecular complexity index is 168. The van der Waals surface area contributed by atoms with E-state index in [1.807, 2.05) is 0 Å². The number of ether oxygens (including phenoxy) is 2. The zero-order valence-corrected chi connectivity index (χ0v) is 8.87. The molecule has 14 heavy (non-hydrogen) atoms. The maximum absolute atomic E-state index is 5.54. The predicted octanol–water partition coefficient (Wildman–Crippen LogP) is 0.0431. The third-order valence-electron chi connectivity index (χ3n) is 3.09. The summed E-state index contributed by atoms with van der Waals surface area (Å²) in [6.07, 6.45) is 1.42. The Morgan fingerprint density at radius 2 is 2.29 bits per heavy atom. The van der Waals surface area contributed by atoms with Crippen LogP contribution in [0.25, 0.3) is 0 Å². The highest BCUT2D eigenvalue weighted by molar-refractivity contribution is 4.85. The molecule has 2 saturated heterocycles. The van der Waals surface area contributed by atoms with Crippen LogP contribution in [-0.2, 0) is 9.47 Å². The fourth-order valence-corrected chi connectivity index (χ4v) is 1.97. The molecule has 2 rings (SSSR count). The second-order valence-corrected chi connectivity index (χ2v) is 4.00. The third kappa shape index (κ3) is 2.45. The van der Waals surface area contributed by atoms with Crippen molar-refractivity contribution in [2.24, 2.45) is 0 Å². The minimum absolute atomic E-state index is 0.379. The largest absolute Gasteiger partial charge is 0.355 e. The van der Waals surface area contributed by atoms with Crippen molar-refractivity contribution in [3.63, 3.8) is 0 Å². The average Bonchev–Trinajstić information content (AvgIpc) is 2.15. The standard InChI is InChI=1S/C10H20N2O2/c1-2-12(9-5-11-6-9)7-10-3-4-13-8-14-10/h9-11H,2-8H2,1H3. The minimum Gasteiger partial charge on any atom is -0.355 e. The molecule has 2 fully saturated rings. The molecule has 4 heteroatoms. The molecule has 0 aromatic carbocycles.